The van der Waals surface area contributed by atoms with Crippen LogP contribution in [0, 0.1) is 0 Å². The monoisotopic (exact) mass is 226 g/mol. The van der Waals surface area contributed by atoms with Crippen LogP contribution in [0.2, 0.25) is 0 Å². The smallest absolute Gasteiger partial charge is 0.337 e. The Labute approximate surface area is 90.7 Å². The Morgan fingerprint density at radius 3 is 2.38 bits per heavy atom. The predicted molar refractivity (Wildman–Crippen MR) is 52.5 cm³/mol. The molecule has 3 N–H and O–H groups in total. The van der Waals surface area contributed by atoms with Crippen LogP contribution < -0.4 is 4.74 Å². The zero-order valence-electron chi connectivity index (χ0n) is 8.38. The highest BCUT2D eigenvalue weighted by atomic mass is 16.5. The zero-order chi connectivity index (χ0) is 12.3. The van der Waals surface area contributed by atoms with E-state index < -0.39 is 18.0 Å². The SMILES string of the molecule is COc1cc(C(=O)O)ccc1[C@H](O)C(=O)O. The number of aliphatic hydroxyl groups is 1. The molecule has 0 fully saturated rings. The molecule has 0 heterocycles. The summed E-state index contributed by atoms with van der Waals surface area (Å²) < 4.78 is 4.82. The third-order valence-corrected chi connectivity index (χ3v) is 2.01. The molecule has 0 aliphatic carbocycles. The average Bonchev–Trinajstić information content (AvgIpc) is 2.26. The van der Waals surface area contributed by atoms with Crippen molar-refractivity contribution in [3.05, 3.63) is 29.3 Å². The summed E-state index contributed by atoms with van der Waals surface area (Å²) >= 11 is 0. The average molecular weight is 226 g/mol. The molecule has 0 aliphatic rings. The van der Waals surface area contributed by atoms with Crippen molar-refractivity contribution in [3.63, 3.8) is 0 Å². The van der Waals surface area contributed by atoms with Crippen LogP contribution in [0.25, 0.3) is 0 Å². The molecule has 16 heavy (non-hydrogen) atoms. The number of aromatic carboxylic acids is 1. The first-order valence-electron chi connectivity index (χ1n) is 4.29. The number of rotatable bonds is 4. The largest absolute Gasteiger partial charge is 0.496 e. The van der Waals surface area contributed by atoms with E-state index in [9.17, 15) is 14.7 Å². The predicted octanol–water partition coefficient (Wildman–Crippen LogP) is 0.511. The molecule has 0 saturated carbocycles. The molecule has 1 aromatic carbocycles. The minimum Gasteiger partial charge on any atom is -0.496 e. The third-order valence-electron chi connectivity index (χ3n) is 2.01. The van der Waals surface area contributed by atoms with Crippen LogP contribution in [0.4, 0.5) is 0 Å². The Kier molecular flexibility index (Phi) is 3.47. The highest BCUT2D eigenvalue weighted by molar-refractivity contribution is 5.88. The maximum atomic E-state index is 10.6. The molecule has 1 atom stereocenters. The van der Waals surface area contributed by atoms with Crippen molar-refractivity contribution < 1.29 is 29.6 Å². The van der Waals surface area contributed by atoms with Crippen LogP contribution in [0.3, 0.4) is 0 Å². The van der Waals surface area contributed by atoms with E-state index in [1.165, 1.54) is 19.2 Å². The summed E-state index contributed by atoms with van der Waals surface area (Å²) in [5, 5.41) is 26.6. The molecule has 6 heteroatoms. The van der Waals surface area contributed by atoms with Crippen LogP contribution in [0.15, 0.2) is 18.2 Å². The van der Waals surface area contributed by atoms with Gasteiger partial charge in [-0.1, -0.05) is 6.07 Å². The van der Waals surface area contributed by atoms with Crippen molar-refractivity contribution in [2.45, 2.75) is 6.10 Å². The Hall–Kier alpha value is -2.08. The number of ether oxygens (including phenoxy) is 1. The number of methoxy groups -OCH3 is 1. The standard InChI is InChI=1S/C10H10O6/c1-16-7-4-5(9(12)13)2-3-6(7)8(11)10(14)15/h2-4,8,11H,1H3,(H,12,13)(H,14,15)/t8-/m0/s1. The second-order valence-corrected chi connectivity index (χ2v) is 3.00. The van der Waals surface area contributed by atoms with Crippen molar-refractivity contribution in [1.82, 2.24) is 0 Å². The second kappa shape index (κ2) is 4.63. The lowest BCUT2D eigenvalue weighted by atomic mass is 10.1. The molecule has 0 saturated heterocycles. The second-order valence-electron chi connectivity index (χ2n) is 3.00. The molecule has 0 unspecified atom stereocenters. The number of hydrogen-bond acceptors (Lipinski definition) is 4. The molecule has 0 radical (unpaired) electrons. The summed E-state index contributed by atoms with van der Waals surface area (Å²) in [6, 6.07) is 3.57. The quantitative estimate of drug-likeness (QED) is 0.691. The number of carbonyl (C=O) groups is 2. The maximum absolute atomic E-state index is 10.6. The number of benzene rings is 1. The maximum Gasteiger partial charge on any atom is 0.337 e. The Bertz CT molecular complexity index is 425. The minimum absolute atomic E-state index is 0.0139. The van der Waals surface area contributed by atoms with Gasteiger partial charge in [0.15, 0.2) is 6.10 Å². The van der Waals surface area contributed by atoms with Gasteiger partial charge in [0.2, 0.25) is 0 Å². The van der Waals surface area contributed by atoms with Gasteiger partial charge in [-0.15, -0.1) is 0 Å². The Morgan fingerprint density at radius 1 is 1.31 bits per heavy atom. The molecule has 0 spiro atoms. The molecule has 6 nitrogen and oxygen atoms in total. The topological polar surface area (TPSA) is 104 Å². The van der Waals surface area contributed by atoms with Gasteiger partial charge in [-0.3, -0.25) is 0 Å². The molecule has 1 aromatic rings. The fourth-order valence-electron chi connectivity index (χ4n) is 1.20. The van der Waals surface area contributed by atoms with Gasteiger partial charge in [-0.05, 0) is 12.1 Å². The van der Waals surface area contributed by atoms with Crippen molar-refractivity contribution in [2.24, 2.45) is 0 Å². The van der Waals surface area contributed by atoms with Crippen LogP contribution in [0.5, 0.6) is 5.75 Å². The fraction of sp³-hybridized carbons (Fsp3) is 0.200. The van der Waals surface area contributed by atoms with Gasteiger partial charge in [-0.2, -0.15) is 0 Å². The van der Waals surface area contributed by atoms with Gasteiger partial charge in [-0.25, -0.2) is 9.59 Å². The van der Waals surface area contributed by atoms with E-state index in [2.05, 4.69) is 0 Å². The lowest BCUT2D eigenvalue weighted by Gasteiger charge is -2.11. The zero-order valence-corrected chi connectivity index (χ0v) is 8.38. The summed E-state index contributed by atoms with van der Waals surface area (Å²) in [7, 11) is 1.26. The lowest BCUT2D eigenvalue weighted by Crippen LogP contribution is -2.12. The first-order chi connectivity index (χ1) is 7.47. The number of hydrogen-bond donors (Lipinski definition) is 3. The van der Waals surface area contributed by atoms with E-state index >= 15 is 0 Å². The van der Waals surface area contributed by atoms with Crippen molar-refractivity contribution in [1.29, 1.82) is 0 Å². The molecule has 1 rings (SSSR count). The van der Waals surface area contributed by atoms with E-state index in [0.29, 0.717) is 0 Å². The van der Waals surface area contributed by atoms with E-state index in [-0.39, 0.29) is 16.9 Å². The van der Waals surface area contributed by atoms with Gasteiger partial charge < -0.3 is 20.1 Å². The van der Waals surface area contributed by atoms with Crippen molar-refractivity contribution in [2.75, 3.05) is 7.11 Å². The highest BCUT2D eigenvalue weighted by Crippen LogP contribution is 2.26. The first kappa shape index (κ1) is 12.0. The van der Waals surface area contributed by atoms with E-state index in [1.807, 2.05) is 0 Å². The number of aliphatic hydroxyl groups excluding tert-OH is 1. The lowest BCUT2D eigenvalue weighted by molar-refractivity contribution is -0.147. The molecular formula is C10H10O6. The van der Waals surface area contributed by atoms with Crippen LogP contribution in [-0.2, 0) is 4.79 Å². The van der Waals surface area contributed by atoms with Crippen LogP contribution in [0.1, 0.15) is 22.0 Å². The summed E-state index contributed by atoms with van der Waals surface area (Å²) in [5.41, 5.74) is -0.0295. The van der Waals surface area contributed by atoms with E-state index in [4.69, 9.17) is 14.9 Å². The highest BCUT2D eigenvalue weighted by Gasteiger charge is 2.21. The van der Waals surface area contributed by atoms with Gasteiger partial charge in [0, 0.05) is 5.56 Å². The Balaban J connectivity index is 3.21. The van der Waals surface area contributed by atoms with E-state index in [0.717, 1.165) is 6.07 Å². The molecule has 0 aliphatic heterocycles. The number of aliphatic carboxylic acids is 1. The third kappa shape index (κ3) is 2.29. The van der Waals surface area contributed by atoms with Gasteiger partial charge >= 0.3 is 11.9 Å². The Morgan fingerprint density at radius 2 is 1.94 bits per heavy atom. The fourth-order valence-corrected chi connectivity index (χ4v) is 1.20. The molecule has 0 aromatic heterocycles. The van der Waals surface area contributed by atoms with E-state index in [1.54, 1.807) is 0 Å². The van der Waals surface area contributed by atoms with Gasteiger partial charge in [0.25, 0.3) is 0 Å². The molecule has 0 amide bonds. The van der Waals surface area contributed by atoms with Crippen molar-refractivity contribution >= 4 is 11.9 Å². The summed E-state index contributed by atoms with van der Waals surface area (Å²) in [6.07, 6.45) is -1.74. The normalized spacial score (nSPS) is 11.9. The summed E-state index contributed by atoms with van der Waals surface area (Å²) in [5.74, 6) is -2.56. The summed E-state index contributed by atoms with van der Waals surface area (Å²) in [6.45, 7) is 0. The van der Waals surface area contributed by atoms with Crippen LogP contribution >= 0.6 is 0 Å². The number of carboxylic acid groups (broad SMARTS) is 2. The molecule has 86 valence electrons. The number of carboxylic acids is 2. The van der Waals surface area contributed by atoms with Gasteiger partial charge in [0.1, 0.15) is 5.75 Å². The molecular weight excluding hydrogens is 216 g/mol. The first-order valence-corrected chi connectivity index (χ1v) is 4.29. The minimum atomic E-state index is -1.74. The molecule has 0 bridgehead atoms. The summed E-state index contributed by atoms with van der Waals surface area (Å²) in [4.78, 5) is 21.2. The van der Waals surface area contributed by atoms with Gasteiger partial charge in [0.05, 0.1) is 12.7 Å². The van der Waals surface area contributed by atoms with Crippen LogP contribution in [-0.4, -0.2) is 34.4 Å². The van der Waals surface area contributed by atoms with Crippen molar-refractivity contribution in [3.8, 4) is 5.75 Å².